The molecule has 36 heavy (non-hydrogen) atoms. The van der Waals surface area contributed by atoms with Crippen molar-refractivity contribution >= 4 is 21.7 Å². The smallest absolute Gasteiger partial charge is 0.317 e. The number of terminal acetylenes is 1. The normalized spacial score (nSPS) is 13.1. The Morgan fingerprint density at radius 3 is 2.78 bits per heavy atom. The number of ether oxygens (including phenoxy) is 2. The minimum absolute atomic E-state index is 0.000572. The second-order valence-corrected chi connectivity index (χ2v) is 8.48. The first kappa shape index (κ1) is 22.1. The summed E-state index contributed by atoms with van der Waals surface area (Å²) in [5.41, 5.74) is 2.45. The molecule has 0 unspecified atom stereocenters. The van der Waals surface area contributed by atoms with Crippen molar-refractivity contribution in [2.75, 3.05) is 13.7 Å². The molecular weight excluding hydrogens is 464 g/mol. The first-order valence-corrected chi connectivity index (χ1v) is 11.2. The summed E-state index contributed by atoms with van der Waals surface area (Å²) in [6.07, 6.45) is 8.83. The van der Waals surface area contributed by atoms with Crippen LogP contribution in [-0.2, 0) is 17.9 Å². The number of halogens is 2. The highest BCUT2D eigenvalue weighted by atomic mass is 19.1. The number of hydrogen-bond acceptors (Lipinski definition) is 6. The second-order valence-electron chi connectivity index (χ2n) is 8.48. The SMILES string of the molecule is C#Cc1c(F)ccc2cc(C)cc(-c3ncc4c(-c5cnc6n5CCOC6)nc(OC)nc4c3F)c12. The van der Waals surface area contributed by atoms with Gasteiger partial charge in [0.05, 0.1) is 31.2 Å². The standard InChI is InChI=1S/C27H19F2N5O2/c1-4-16-19(28)6-5-15-9-14(2)10-17(22(15)16)25-23(29)26-18(11-31-25)24(32-27(33-26)35-3)20-12-30-21-13-36-8-7-34(20)21/h1,5-6,9-12H,7-8,13H2,2-3H3. The monoisotopic (exact) mass is 483 g/mol. The van der Waals surface area contributed by atoms with Gasteiger partial charge in [-0.25, -0.2) is 13.8 Å². The van der Waals surface area contributed by atoms with Crippen LogP contribution in [0.2, 0.25) is 0 Å². The van der Waals surface area contributed by atoms with Crippen molar-refractivity contribution in [2.45, 2.75) is 20.1 Å². The van der Waals surface area contributed by atoms with E-state index in [0.29, 0.717) is 52.9 Å². The van der Waals surface area contributed by atoms with E-state index in [1.54, 1.807) is 18.3 Å². The Balaban J connectivity index is 1.65. The molecule has 4 heterocycles. The molecule has 3 aromatic heterocycles. The molecule has 0 amide bonds. The number of aromatic nitrogens is 5. The van der Waals surface area contributed by atoms with Crippen LogP contribution in [0.4, 0.5) is 8.78 Å². The number of aryl methyl sites for hydroxylation is 1. The predicted octanol–water partition coefficient (Wildman–Crippen LogP) is 4.82. The average Bonchev–Trinajstić information content (AvgIpc) is 3.32. The molecule has 0 bridgehead atoms. The lowest BCUT2D eigenvalue weighted by molar-refractivity contribution is 0.0821. The quantitative estimate of drug-likeness (QED) is 0.343. The van der Waals surface area contributed by atoms with Crippen molar-refractivity contribution in [1.29, 1.82) is 0 Å². The Morgan fingerprint density at radius 2 is 1.97 bits per heavy atom. The molecule has 0 N–H and O–H groups in total. The number of pyridine rings is 1. The van der Waals surface area contributed by atoms with Crippen LogP contribution in [0.3, 0.4) is 0 Å². The Morgan fingerprint density at radius 1 is 1.11 bits per heavy atom. The number of rotatable bonds is 3. The molecule has 0 fully saturated rings. The second kappa shape index (κ2) is 8.36. The Kier molecular flexibility index (Phi) is 5.12. The van der Waals surface area contributed by atoms with Gasteiger partial charge in [0.1, 0.15) is 35.2 Å². The molecule has 0 saturated carbocycles. The van der Waals surface area contributed by atoms with Crippen LogP contribution in [0.1, 0.15) is 17.0 Å². The molecule has 0 atom stereocenters. The van der Waals surface area contributed by atoms with Crippen molar-refractivity contribution in [2.24, 2.45) is 0 Å². The maximum Gasteiger partial charge on any atom is 0.317 e. The first-order chi connectivity index (χ1) is 17.5. The van der Waals surface area contributed by atoms with Crippen LogP contribution in [-0.4, -0.2) is 38.2 Å². The van der Waals surface area contributed by atoms with E-state index >= 15 is 4.39 Å². The summed E-state index contributed by atoms with van der Waals surface area (Å²) in [7, 11) is 1.42. The highest BCUT2D eigenvalue weighted by Gasteiger charge is 2.24. The minimum atomic E-state index is -0.685. The third kappa shape index (κ3) is 3.30. The number of nitrogens with zero attached hydrogens (tertiary/aromatic N) is 5. The molecule has 178 valence electrons. The number of methoxy groups -OCH3 is 1. The molecule has 9 heteroatoms. The largest absolute Gasteiger partial charge is 0.467 e. The topological polar surface area (TPSA) is 75.0 Å². The summed E-state index contributed by atoms with van der Waals surface area (Å²) >= 11 is 0. The Bertz CT molecular complexity index is 1740. The van der Waals surface area contributed by atoms with Crippen LogP contribution >= 0.6 is 0 Å². The van der Waals surface area contributed by atoms with Gasteiger partial charge in [0.2, 0.25) is 0 Å². The summed E-state index contributed by atoms with van der Waals surface area (Å²) in [5.74, 6) is 1.92. The molecule has 6 rings (SSSR count). The van der Waals surface area contributed by atoms with E-state index in [1.165, 1.54) is 19.4 Å². The van der Waals surface area contributed by atoms with Crippen LogP contribution in [0.5, 0.6) is 6.01 Å². The predicted molar refractivity (Wildman–Crippen MR) is 130 cm³/mol. The van der Waals surface area contributed by atoms with Gasteiger partial charge in [-0.15, -0.1) is 6.42 Å². The molecule has 2 aromatic carbocycles. The van der Waals surface area contributed by atoms with Crippen molar-refractivity contribution in [3.8, 4) is 41.0 Å². The van der Waals surface area contributed by atoms with Gasteiger partial charge in [-0.1, -0.05) is 18.1 Å². The summed E-state index contributed by atoms with van der Waals surface area (Å²) in [6.45, 7) is 3.37. The van der Waals surface area contributed by atoms with Gasteiger partial charge in [0, 0.05) is 29.1 Å². The zero-order valence-corrected chi connectivity index (χ0v) is 19.5. The summed E-state index contributed by atoms with van der Waals surface area (Å²) in [5, 5.41) is 1.50. The molecule has 1 aliphatic heterocycles. The Labute approximate surface area is 204 Å². The molecule has 0 spiro atoms. The zero-order chi connectivity index (χ0) is 25.0. The highest BCUT2D eigenvalue weighted by Crippen LogP contribution is 2.37. The number of imidazole rings is 1. The number of benzene rings is 2. The van der Waals surface area contributed by atoms with Crippen molar-refractivity contribution in [3.63, 3.8) is 0 Å². The van der Waals surface area contributed by atoms with Crippen molar-refractivity contribution < 1.29 is 18.3 Å². The average molecular weight is 483 g/mol. The molecule has 0 saturated heterocycles. The van der Waals surface area contributed by atoms with Gasteiger partial charge < -0.3 is 14.0 Å². The van der Waals surface area contributed by atoms with Gasteiger partial charge >= 0.3 is 6.01 Å². The van der Waals surface area contributed by atoms with E-state index in [9.17, 15) is 4.39 Å². The summed E-state index contributed by atoms with van der Waals surface area (Å²) < 4.78 is 43.6. The molecule has 7 nitrogen and oxygen atoms in total. The lowest BCUT2D eigenvalue weighted by Gasteiger charge is -2.18. The van der Waals surface area contributed by atoms with E-state index < -0.39 is 11.6 Å². The molecular formula is C27H19F2N5O2. The fourth-order valence-corrected chi connectivity index (χ4v) is 4.72. The van der Waals surface area contributed by atoms with Gasteiger partial charge in [-0.3, -0.25) is 4.98 Å². The number of fused-ring (bicyclic) bond motifs is 3. The highest BCUT2D eigenvalue weighted by molar-refractivity contribution is 6.02. The molecule has 1 aliphatic rings. The summed E-state index contributed by atoms with van der Waals surface area (Å²) in [6, 6.07) is 6.55. The van der Waals surface area contributed by atoms with E-state index in [4.69, 9.17) is 15.9 Å². The lowest BCUT2D eigenvalue weighted by atomic mass is 9.94. The van der Waals surface area contributed by atoms with Crippen molar-refractivity contribution in [1.82, 2.24) is 24.5 Å². The van der Waals surface area contributed by atoms with Crippen LogP contribution < -0.4 is 4.74 Å². The fourth-order valence-electron chi connectivity index (χ4n) is 4.72. The third-order valence-electron chi connectivity index (χ3n) is 6.33. The van der Waals surface area contributed by atoms with Gasteiger partial charge in [0.25, 0.3) is 0 Å². The van der Waals surface area contributed by atoms with Crippen molar-refractivity contribution in [3.05, 3.63) is 65.2 Å². The van der Waals surface area contributed by atoms with E-state index in [2.05, 4.69) is 25.9 Å². The number of hydrogen-bond donors (Lipinski definition) is 0. The van der Waals surface area contributed by atoms with Gasteiger partial charge in [-0.2, -0.15) is 9.97 Å². The lowest BCUT2D eigenvalue weighted by Crippen LogP contribution is -2.17. The summed E-state index contributed by atoms with van der Waals surface area (Å²) in [4.78, 5) is 17.7. The zero-order valence-electron chi connectivity index (χ0n) is 19.5. The van der Waals surface area contributed by atoms with Crippen LogP contribution in [0.25, 0.3) is 44.3 Å². The van der Waals surface area contributed by atoms with Crippen LogP contribution in [0, 0.1) is 30.9 Å². The maximum atomic E-state index is 16.2. The first-order valence-electron chi connectivity index (χ1n) is 11.2. The van der Waals surface area contributed by atoms with Gasteiger partial charge in [-0.05, 0) is 30.0 Å². The van der Waals surface area contributed by atoms with Crippen LogP contribution in [0.15, 0.2) is 36.7 Å². The molecule has 0 aliphatic carbocycles. The fraction of sp³-hybridized carbons (Fsp3) is 0.185. The third-order valence-corrected chi connectivity index (χ3v) is 6.33. The minimum Gasteiger partial charge on any atom is -0.467 e. The van der Waals surface area contributed by atoms with E-state index in [-0.39, 0.29) is 22.8 Å². The molecule has 5 aromatic rings. The van der Waals surface area contributed by atoms with E-state index in [0.717, 1.165) is 11.4 Å². The molecule has 0 radical (unpaired) electrons. The van der Waals surface area contributed by atoms with E-state index in [1.807, 2.05) is 17.6 Å². The maximum absolute atomic E-state index is 16.2. The Hall–Kier alpha value is -4.42. The van der Waals surface area contributed by atoms with Gasteiger partial charge in [0.15, 0.2) is 5.82 Å².